The smallest absolute Gasteiger partial charge is 0.258 e. The van der Waals surface area contributed by atoms with E-state index in [4.69, 9.17) is 18.7 Å². The Balaban J connectivity index is 2.09. The molecule has 3 aromatic rings. The second-order valence-corrected chi connectivity index (χ2v) is 4.93. The van der Waals surface area contributed by atoms with E-state index in [9.17, 15) is 8.78 Å². The average molecular weight is 348 g/mol. The Hall–Kier alpha value is -3.16. The molecular formula is C17H14F2N2O4. The minimum absolute atomic E-state index is 0.0527. The quantitative estimate of drug-likeness (QED) is 0.700. The van der Waals surface area contributed by atoms with Gasteiger partial charge in [-0.25, -0.2) is 8.78 Å². The molecule has 0 bridgehead atoms. The second-order valence-electron chi connectivity index (χ2n) is 4.93. The van der Waals surface area contributed by atoms with Crippen LogP contribution in [0, 0.1) is 11.6 Å². The van der Waals surface area contributed by atoms with Crippen LogP contribution in [-0.4, -0.2) is 31.5 Å². The highest BCUT2D eigenvalue weighted by atomic mass is 19.1. The van der Waals surface area contributed by atoms with Gasteiger partial charge >= 0.3 is 0 Å². The van der Waals surface area contributed by atoms with E-state index >= 15 is 0 Å². The Morgan fingerprint density at radius 1 is 0.920 bits per heavy atom. The molecule has 130 valence electrons. The van der Waals surface area contributed by atoms with Crippen LogP contribution in [0.1, 0.15) is 0 Å². The lowest BCUT2D eigenvalue weighted by atomic mass is 10.1. The maximum atomic E-state index is 13.9. The van der Waals surface area contributed by atoms with Gasteiger partial charge in [0, 0.05) is 5.56 Å². The van der Waals surface area contributed by atoms with Crippen molar-refractivity contribution >= 4 is 0 Å². The monoisotopic (exact) mass is 348 g/mol. The lowest BCUT2D eigenvalue weighted by Crippen LogP contribution is -1.96. The van der Waals surface area contributed by atoms with E-state index < -0.39 is 11.6 Å². The zero-order valence-electron chi connectivity index (χ0n) is 13.7. The SMILES string of the molecule is COc1cc(-c2nc(-c3c(F)cccc3F)no2)cc(OC)c1OC. The first-order valence-corrected chi connectivity index (χ1v) is 7.17. The van der Waals surface area contributed by atoms with Gasteiger partial charge < -0.3 is 18.7 Å². The maximum absolute atomic E-state index is 13.9. The van der Waals surface area contributed by atoms with E-state index in [1.807, 2.05) is 0 Å². The van der Waals surface area contributed by atoms with Crippen molar-refractivity contribution in [1.82, 2.24) is 10.1 Å². The standard InChI is InChI=1S/C17H14F2N2O4/c1-22-12-7-9(8-13(23-2)15(12)24-3)17-20-16(21-25-17)14-10(18)5-4-6-11(14)19/h4-8H,1-3H3. The van der Waals surface area contributed by atoms with Crippen molar-refractivity contribution in [2.24, 2.45) is 0 Å². The number of benzene rings is 2. The minimum Gasteiger partial charge on any atom is -0.493 e. The highest BCUT2D eigenvalue weighted by molar-refractivity contribution is 5.67. The number of aromatic nitrogens is 2. The van der Waals surface area contributed by atoms with E-state index in [1.165, 1.54) is 27.4 Å². The summed E-state index contributed by atoms with van der Waals surface area (Å²) in [4.78, 5) is 4.07. The molecule has 0 aliphatic carbocycles. The fourth-order valence-electron chi connectivity index (χ4n) is 2.36. The summed E-state index contributed by atoms with van der Waals surface area (Å²) < 4.78 is 48.6. The van der Waals surface area contributed by atoms with Crippen molar-refractivity contribution in [3.8, 4) is 40.1 Å². The summed E-state index contributed by atoms with van der Waals surface area (Å²) in [6.45, 7) is 0. The van der Waals surface area contributed by atoms with Crippen LogP contribution in [0.5, 0.6) is 17.2 Å². The largest absolute Gasteiger partial charge is 0.493 e. The number of nitrogens with zero attached hydrogens (tertiary/aromatic N) is 2. The Morgan fingerprint density at radius 2 is 1.52 bits per heavy atom. The van der Waals surface area contributed by atoms with Crippen LogP contribution in [0.3, 0.4) is 0 Å². The number of hydrogen-bond acceptors (Lipinski definition) is 6. The summed E-state index contributed by atoms with van der Waals surface area (Å²) in [5, 5.41) is 3.66. The van der Waals surface area contributed by atoms with E-state index in [0.29, 0.717) is 22.8 Å². The third-order valence-corrected chi connectivity index (χ3v) is 3.52. The fourth-order valence-corrected chi connectivity index (χ4v) is 2.36. The third-order valence-electron chi connectivity index (χ3n) is 3.52. The van der Waals surface area contributed by atoms with Crippen molar-refractivity contribution in [3.05, 3.63) is 42.0 Å². The van der Waals surface area contributed by atoms with Gasteiger partial charge in [0.2, 0.25) is 11.6 Å². The second kappa shape index (κ2) is 6.76. The summed E-state index contributed by atoms with van der Waals surface area (Å²) in [6, 6.07) is 6.68. The molecule has 0 fully saturated rings. The fraction of sp³-hybridized carbons (Fsp3) is 0.176. The Labute approximate surface area is 141 Å². The third kappa shape index (κ3) is 2.98. The summed E-state index contributed by atoms with van der Waals surface area (Å²) in [6.07, 6.45) is 0. The molecule has 6 nitrogen and oxygen atoms in total. The minimum atomic E-state index is -0.780. The predicted molar refractivity (Wildman–Crippen MR) is 84.7 cm³/mol. The summed E-state index contributed by atoms with van der Waals surface area (Å²) in [5.41, 5.74) is 0.0925. The van der Waals surface area contributed by atoms with Gasteiger partial charge in [-0.2, -0.15) is 4.98 Å². The number of rotatable bonds is 5. The molecule has 25 heavy (non-hydrogen) atoms. The van der Waals surface area contributed by atoms with Crippen molar-refractivity contribution in [2.75, 3.05) is 21.3 Å². The number of ether oxygens (including phenoxy) is 3. The molecule has 8 heteroatoms. The molecule has 0 spiro atoms. The molecule has 0 atom stereocenters. The van der Waals surface area contributed by atoms with Gasteiger partial charge in [-0.15, -0.1) is 0 Å². The predicted octanol–water partition coefficient (Wildman–Crippen LogP) is 3.71. The molecule has 0 amide bonds. The average Bonchev–Trinajstić information content (AvgIpc) is 3.09. The molecule has 1 aromatic heterocycles. The van der Waals surface area contributed by atoms with Gasteiger partial charge in [-0.1, -0.05) is 11.2 Å². The number of hydrogen-bond donors (Lipinski definition) is 0. The Kier molecular flexibility index (Phi) is 4.51. The molecule has 0 saturated carbocycles. The first-order valence-electron chi connectivity index (χ1n) is 7.17. The first-order chi connectivity index (χ1) is 12.1. The molecule has 0 saturated heterocycles. The van der Waals surface area contributed by atoms with Gasteiger partial charge in [0.15, 0.2) is 11.5 Å². The summed E-state index contributed by atoms with van der Waals surface area (Å²) >= 11 is 0. The van der Waals surface area contributed by atoms with Crippen LogP contribution in [0.25, 0.3) is 22.8 Å². The molecule has 0 aliphatic rings. The van der Waals surface area contributed by atoms with Crippen LogP contribution >= 0.6 is 0 Å². The molecule has 0 aliphatic heterocycles. The molecule has 1 heterocycles. The van der Waals surface area contributed by atoms with E-state index in [2.05, 4.69) is 10.1 Å². The van der Waals surface area contributed by atoms with E-state index in [1.54, 1.807) is 12.1 Å². The molecule has 0 N–H and O–H groups in total. The van der Waals surface area contributed by atoms with Gasteiger partial charge in [0.05, 0.1) is 26.9 Å². The van der Waals surface area contributed by atoms with Gasteiger partial charge in [0.25, 0.3) is 5.89 Å². The van der Waals surface area contributed by atoms with Crippen LogP contribution in [-0.2, 0) is 0 Å². The van der Waals surface area contributed by atoms with Crippen LogP contribution in [0.4, 0.5) is 8.78 Å². The van der Waals surface area contributed by atoms with Crippen LogP contribution in [0.2, 0.25) is 0 Å². The van der Waals surface area contributed by atoms with Crippen molar-refractivity contribution < 1.29 is 27.5 Å². The highest BCUT2D eigenvalue weighted by Gasteiger charge is 2.21. The molecule has 0 unspecified atom stereocenters. The normalized spacial score (nSPS) is 10.6. The highest BCUT2D eigenvalue weighted by Crippen LogP contribution is 2.41. The first kappa shape index (κ1) is 16.7. The maximum Gasteiger partial charge on any atom is 0.258 e. The number of halogens is 2. The van der Waals surface area contributed by atoms with Gasteiger partial charge in [-0.05, 0) is 24.3 Å². The van der Waals surface area contributed by atoms with Gasteiger partial charge in [-0.3, -0.25) is 0 Å². The molecule has 2 aromatic carbocycles. The lowest BCUT2D eigenvalue weighted by Gasteiger charge is -2.12. The number of methoxy groups -OCH3 is 3. The van der Waals surface area contributed by atoms with Gasteiger partial charge in [0.1, 0.15) is 11.6 Å². The topological polar surface area (TPSA) is 66.6 Å². The van der Waals surface area contributed by atoms with E-state index in [-0.39, 0.29) is 17.3 Å². The molecule has 0 radical (unpaired) electrons. The van der Waals surface area contributed by atoms with E-state index in [0.717, 1.165) is 12.1 Å². The summed E-state index contributed by atoms with van der Waals surface area (Å²) in [5.74, 6) is -0.540. The van der Waals surface area contributed by atoms with Crippen molar-refractivity contribution in [2.45, 2.75) is 0 Å². The Morgan fingerprint density at radius 3 is 2.04 bits per heavy atom. The van der Waals surface area contributed by atoms with Crippen LogP contribution in [0.15, 0.2) is 34.9 Å². The zero-order chi connectivity index (χ0) is 18.0. The zero-order valence-corrected chi connectivity index (χ0v) is 13.7. The lowest BCUT2D eigenvalue weighted by molar-refractivity contribution is 0.324. The van der Waals surface area contributed by atoms with Crippen molar-refractivity contribution in [1.29, 1.82) is 0 Å². The molecular weight excluding hydrogens is 334 g/mol. The Bertz CT molecular complexity index is 866. The summed E-state index contributed by atoms with van der Waals surface area (Å²) in [7, 11) is 4.41. The van der Waals surface area contributed by atoms with Crippen LogP contribution < -0.4 is 14.2 Å². The molecule has 3 rings (SSSR count). The van der Waals surface area contributed by atoms with Crippen molar-refractivity contribution in [3.63, 3.8) is 0 Å².